The van der Waals surface area contributed by atoms with Gasteiger partial charge in [0, 0.05) is 16.3 Å². The minimum Gasteiger partial charge on any atom is -0.469 e. The molecule has 0 spiro atoms. The molecule has 0 saturated heterocycles. The van der Waals surface area contributed by atoms with Gasteiger partial charge in [0.1, 0.15) is 5.76 Å². The summed E-state index contributed by atoms with van der Waals surface area (Å²) in [5.41, 5.74) is 3.08. The summed E-state index contributed by atoms with van der Waals surface area (Å²) in [4.78, 5) is 12.2. The molecule has 0 aliphatic rings. The van der Waals surface area contributed by atoms with Gasteiger partial charge in [0.2, 0.25) is 0 Å². The molecule has 0 aliphatic carbocycles. The Morgan fingerprint density at radius 2 is 1.94 bits per heavy atom. The molecule has 1 heterocycles. The van der Waals surface area contributed by atoms with Crippen molar-refractivity contribution < 1.29 is 9.21 Å². The van der Waals surface area contributed by atoms with E-state index >= 15 is 0 Å². The van der Waals surface area contributed by atoms with Gasteiger partial charge in [-0.05, 0) is 38.5 Å². The highest BCUT2D eigenvalue weighted by atomic mass is 35.5. The highest BCUT2D eigenvalue weighted by molar-refractivity contribution is 6.31. The Morgan fingerprint density at radius 3 is 2.56 bits per heavy atom. The summed E-state index contributed by atoms with van der Waals surface area (Å²) in [6.45, 7) is 5.53. The van der Waals surface area contributed by atoms with E-state index in [1.54, 1.807) is 25.3 Å². The molecule has 0 radical (unpaired) electrons. The lowest BCUT2D eigenvalue weighted by atomic mass is 10.1. The van der Waals surface area contributed by atoms with Crippen molar-refractivity contribution in [3.63, 3.8) is 0 Å². The number of furan rings is 1. The van der Waals surface area contributed by atoms with Crippen molar-refractivity contribution in [1.29, 1.82) is 0 Å². The molecule has 3 nitrogen and oxygen atoms in total. The lowest BCUT2D eigenvalue weighted by molar-refractivity contribution is 0.102. The van der Waals surface area contributed by atoms with E-state index in [2.05, 4.69) is 5.32 Å². The molecule has 2 aromatic rings. The van der Waals surface area contributed by atoms with Gasteiger partial charge < -0.3 is 9.73 Å². The molecule has 0 saturated carbocycles. The average Bonchev–Trinajstić information content (AvgIpc) is 2.63. The number of hydrogen-bond acceptors (Lipinski definition) is 2. The fourth-order valence-electron chi connectivity index (χ4n) is 1.82. The zero-order valence-electron chi connectivity index (χ0n) is 10.5. The number of hydrogen-bond donors (Lipinski definition) is 1. The zero-order chi connectivity index (χ0) is 13.3. The molecule has 0 aliphatic heterocycles. The third kappa shape index (κ3) is 2.41. The van der Waals surface area contributed by atoms with Crippen LogP contribution in [0.4, 0.5) is 5.69 Å². The van der Waals surface area contributed by atoms with Crippen LogP contribution in [0.25, 0.3) is 0 Å². The largest absolute Gasteiger partial charge is 0.469 e. The summed E-state index contributed by atoms with van der Waals surface area (Å²) >= 11 is 5.92. The number of carbonyl (C=O) groups is 1. The minimum absolute atomic E-state index is 0.177. The van der Waals surface area contributed by atoms with Gasteiger partial charge in [-0.2, -0.15) is 0 Å². The van der Waals surface area contributed by atoms with Crippen molar-refractivity contribution in [2.24, 2.45) is 0 Å². The van der Waals surface area contributed by atoms with Gasteiger partial charge in [-0.1, -0.05) is 17.7 Å². The van der Waals surface area contributed by atoms with Gasteiger partial charge in [-0.15, -0.1) is 0 Å². The average molecular weight is 264 g/mol. The smallest absolute Gasteiger partial charge is 0.259 e. The molecule has 94 valence electrons. The maximum atomic E-state index is 12.2. The van der Waals surface area contributed by atoms with Crippen LogP contribution in [0.3, 0.4) is 0 Å². The van der Waals surface area contributed by atoms with Crippen molar-refractivity contribution in [1.82, 2.24) is 0 Å². The van der Waals surface area contributed by atoms with E-state index in [9.17, 15) is 4.79 Å². The molecule has 1 amide bonds. The molecule has 4 heteroatoms. The number of nitrogens with one attached hydrogen (secondary N) is 1. The highest BCUT2D eigenvalue weighted by Gasteiger charge is 2.16. The van der Waals surface area contributed by atoms with E-state index in [1.165, 1.54) is 0 Å². The Hall–Kier alpha value is -1.74. The third-order valence-electron chi connectivity index (χ3n) is 2.83. The second kappa shape index (κ2) is 4.86. The summed E-state index contributed by atoms with van der Waals surface area (Å²) in [6.07, 6.45) is 1.58. The normalized spacial score (nSPS) is 10.4. The van der Waals surface area contributed by atoms with Crippen LogP contribution in [-0.4, -0.2) is 5.91 Å². The molecule has 0 fully saturated rings. The lowest BCUT2D eigenvalue weighted by Gasteiger charge is -2.08. The third-order valence-corrected chi connectivity index (χ3v) is 3.07. The molecule has 0 atom stereocenters. The molecule has 18 heavy (non-hydrogen) atoms. The van der Waals surface area contributed by atoms with Crippen LogP contribution in [0.15, 0.2) is 28.9 Å². The monoisotopic (exact) mass is 263 g/mol. The van der Waals surface area contributed by atoms with Gasteiger partial charge >= 0.3 is 0 Å². The molecule has 0 unspecified atom stereocenters. The first-order valence-electron chi connectivity index (χ1n) is 5.61. The van der Waals surface area contributed by atoms with Crippen LogP contribution in [-0.2, 0) is 0 Å². The second-order valence-electron chi connectivity index (χ2n) is 4.26. The Labute approximate surface area is 111 Å². The van der Waals surface area contributed by atoms with Gasteiger partial charge in [0.15, 0.2) is 0 Å². The molecule has 1 aromatic carbocycles. The van der Waals surface area contributed by atoms with Crippen LogP contribution in [0.5, 0.6) is 0 Å². The van der Waals surface area contributed by atoms with Crippen LogP contribution < -0.4 is 5.32 Å². The van der Waals surface area contributed by atoms with E-state index in [1.807, 2.05) is 19.9 Å². The molecule has 2 rings (SSSR count). The first-order chi connectivity index (χ1) is 8.49. The van der Waals surface area contributed by atoms with Crippen molar-refractivity contribution in [2.45, 2.75) is 20.8 Å². The van der Waals surface area contributed by atoms with Gasteiger partial charge in [-0.25, -0.2) is 0 Å². The number of anilines is 1. The fourth-order valence-corrected chi connectivity index (χ4v) is 2.00. The SMILES string of the molecule is Cc1ccc(Cl)cc1NC(=O)c1c(C)coc1C. The maximum absolute atomic E-state index is 12.2. The Bertz CT molecular complexity index is 582. The van der Waals surface area contributed by atoms with Crippen LogP contribution in [0, 0.1) is 20.8 Å². The summed E-state index contributed by atoms with van der Waals surface area (Å²) < 4.78 is 5.22. The van der Waals surface area contributed by atoms with Crippen molar-refractivity contribution in [2.75, 3.05) is 5.32 Å². The fraction of sp³-hybridized carbons (Fsp3) is 0.214. The lowest BCUT2D eigenvalue weighted by Crippen LogP contribution is -2.14. The van der Waals surface area contributed by atoms with Crippen LogP contribution >= 0.6 is 11.6 Å². The number of amides is 1. The standard InChI is InChI=1S/C14H14ClNO2/c1-8-4-5-11(15)6-12(8)16-14(17)13-9(2)7-18-10(13)3/h4-7H,1-3H3,(H,16,17). The van der Waals surface area contributed by atoms with Crippen LogP contribution in [0.1, 0.15) is 27.2 Å². The first-order valence-corrected chi connectivity index (χ1v) is 5.99. The van der Waals surface area contributed by atoms with E-state index in [0.717, 1.165) is 11.1 Å². The van der Waals surface area contributed by atoms with Gasteiger partial charge in [0.25, 0.3) is 5.91 Å². The second-order valence-corrected chi connectivity index (χ2v) is 4.70. The van der Waals surface area contributed by atoms with Gasteiger partial charge in [0.05, 0.1) is 11.8 Å². The summed E-state index contributed by atoms with van der Waals surface area (Å²) in [6, 6.07) is 5.40. The predicted octanol–water partition coefficient (Wildman–Crippen LogP) is 4.11. The van der Waals surface area contributed by atoms with Crippen LogP contribution in [0.2, 0.25) is 5.02 Å². The summed E-state index contributed by atoms with van der Waals surface area (Å²) in [5.74, 6) is 0.439. The first kappa shape index (κ1) is 12.7. The van der Waals surface area contributed by atoms with Crippen molar-refractivity contribution in [3.8, 4) is 0 Å². The molecule has 1 aromatic heterocycles. The maximum Gasteiger partial charge on any atom is 0.259 e. The van der Waals surface area contributed by atoms with E-state index in [0.29, 0.717) is 22.0 Å². The molecular formula is C14H14ClNO2. The van der Waals surface area contributed by atoms with E-state index in [-0.39, 0.29) is 5.91 Å². The molecule has 1 N–H and O–H groups in total. The zero-order valence-corrected chi connectivity index (χ0v) is 11.3. The van der Waals surface area contributed by atoms with E-state index < -0.39 is 0 Å². The number of aryl methyl sites for hydroxylation is 3. The van der Waals surface area contributed by atoms with Gasteiger partial charge in [-0.3, -0.25) is 4.79 Å². The number of halogens is 1. The quantitative estimate of drug-likeness (QED) is 0.886. The highest BCUT2D eigenvalue weighted by Crippen LogP contribution is 2.22. The topological polar surface area (TPSA) is 42.2 Å². The Kier molecular flexibility index (Phi) is 3.43. The Balaban J connectivity index is 2.30. The predicted molar refractivity (Wildman–Crippen MR) is 72.3 cm³/mol. The number of benzene rings is 1. The molecule has 0 bridgehead atoms. The number of carbonyl (C=O) groups excluding carboxylic acids is 1. The summed E-state index contributed by atoms with van der Waals surface area (Å²) in [7, 11) is 0. The van der Waals surface area contributed by atoms with E-state index in [4.69, 9.17) is 16.0 Å². The Morgan fingerprint density at radius 1 is 1.22 bits per heavy atom. The molecular weight excluding hydrogens is 250 g/mol. The number of rotatable bonds is 2. The van der Waals surface area contributed by atoms with Crippen molar-refractivity contribution >= 4 is 23.2 Å². The van der Waals surface area contributed by atoms with Crippen molar-refractivity contribution in [3.05, 3.63) is 51.9 Å². The minimum atomic E-state index is -0.177. The summed E-state index contributed by atoms with van der Waals surface area (Å²) in [5, 5.41) is 3.45.